The molecule has 1 aliphatic rings. The van der Waals surface area contributed by atoms with Gasteiger partial charge in [-0.25, -0.2) is 0 Å². The van der Waals surface area contributed by atoms with Crippen molar-refractivity contribution in [3.63, 3.8) is 0 Å². The molecule has 1 heterocycles. The van der Waals surface area contributed by atoms with Gasteiger partial charge in [0.1, 0.15) is 0 Å². The van der Waals surface area contributed by atoms with Crippen LogP contribution in [0.2, 0.25) is 25.7 Å². The van der Waals surface area contributed by atoms with E-state index >= 15 is 0 Å². The maximum absolute atomic E-state index is 6.27. The number of benzene rings is 5. The molecule has 0 amide bonds. The van der Waals surface area contributed by atoms with E-state index in [0.717, 1.165) is 6.61 Å². The molecule has 1 fully saturated rings. The van der Waals surface area contributed by atoms with Crippen LogP contribution in [-0.4, -0.2) is 30.6 Å². The molecule has 0 radical (unpaired) electrons. The molecule has 154 valence electrons. The minimum absolute atomic E-state index is 0.485. The summed E-state index contributed by atoms with van der Waals surface area (Å²) >= 11 is 0. The minimum atomic E-state index is -1.55. The lowest BCUT2D eigenvalue weighted by Crippen LogP contribution is -2.72. The Morgan fingerprint density at radius 1 is 0.645 bits per heavy atom. The molecule has 1 unspecified atom stereocenters. The number of hydrogen-bond acceptors (Lipinski definition) is 1. The standard InChI is InChI=1S/C27H28OSi3/c1-30(2)14-13-28-29-31(30,3)27-10-6-9-21-16-23-12-11-22-15-19-7-4-5-8-20(19)17-24(22)25(23)18-26(21)27/h4-12,15-18H,13-14,29H2,1-3H3. The molecule has 0 saturated carbocycles. The summed E-state index contributed by atoms with van der Waals surface area (Å²) in [6.07, 6.45) is 0. The van der Waals surface area contributed by atoms with Crippen molar-refractivity contribution in [2.45, 2.75) is 25.7 Å². The van der Waals surface area contributed by atoms with Crippen molar-refractivity contribution >= 4 is 72.3 Å². The second kappa shape index (κ2) is 6.87. The minimum Gasteiger partial charge on any atom is -0.427 e. The SMILES string of the molecule is C[Si]1(C)CCO[SiH2][Si]1(C)c1cccc2cc3ccc4cc5ccccc5cc4c3cc12. The number of hydrogen-bond donors (Lipinski definition) is 0. The van der Waals surface area contributed by atoms with Crippen LogP contribution in [0.3, 0.4) is 0 Å². The Hall–Kier alpha value is -2.25. The molecule has 0 N–H and O–H groups in total. The third kappa shape index (κ3) is 2.89. The quantitative estimate of drug-likeness (QED) is 0.173. The fourth-order valence-corrected chi connectivity index (χ4v) is 25.3. The fraction of sp³-hybridized carbons (Fsp3) is 0.185. The van der Waals surface area contributed by atoms with Gasteiger partial charge in [0.05, 0.1) is 7.11 Å². The van der Waals surface area contributed by atoms with Gasteiger partial charge >= 0.3 is 0 Å². The van der Waals surface area contributed by atoms with Crippen molar-refractivity contribution in [2.24, 2.45) is 0 Å². The van der Waals surface area contributed by atoms with Crippen molar-refractivity contribution in [1.82, 2.24) is 0 Å². The average molecular weight is 453 g/mol. The van der Waals surface area contributed by atoms with Crippen molar-refractivity contribution < 1.29 is 4.43 Å². The topological polar surface area (TPSA) is 9.23 Å². The summed E-state index contributed by atoms with van der Waals surface area (Å²) in [4.78, 5) is 0. The van der Waals surface area contributed by atoms with Crippen LogP contribution in [0.4, 0.5) is 0 Å². The molecule has 6 rings (SSSR count). The number of rotatable bonds is 1. The van der Waals surface area contributed by atoms with Crippen LogP contribution in [0.15, 0.2) is 78.9 Å². The number of fused-ring (bicyclic) bond motifs is 5. The van der Waals surface area contributed by atoms with E-state index in [2.05, 4.69) is 98.5 Å². The maximum Gasteiger partial charge on any atom is 0.153 e. The van der Waals surface area contributed by atoms with E-state index in [1.54, 1.807) is 5.19 Å². The van der Waals surface area contributed by atoms with Crippen LogP contribution in [-0.2, 0) is 4.43 Å². The Morgan fingerprint density at radius 3 is 2.00 bits per heavy atom. The van der Waals surface area contributed by atoms with E-state index in [4.69, 9.17) is 4.43 Å². The van der Waals surface area contributed by atoms with Gasteiger partial charge in [-0.2, -0.15) is 0 Å². The lowest BCUT2D eigenvalue weighted by atomic mass is 9.96. The molecule has 1 saturated heterocycles. The third-order valence-corrected chi connectivity index (χ3v) is 39.1. The normalized spacial score (nSPS) is 22.0. The molecule has 5 aromatic carbocycles. The highest BCUT2D eigenvalue weighted by Gasteiger charge is 2.49. The predicted octanol–water partition coefficient (Wildman–Crippen LogP) is 5.98. The Kier molecular flexibility index (Phi) is 4.31. The second-order valence-electron chi connectivity index (χ2n) is 10.1. The Balaban J connectivity index is 1.69. The monoisotopic (exact) mass is 452 g/mol. The van der Waals surface area contributed by atoms with E-state index < -0.39 is 24.0 Å². The van der Waals surface area contributed by atoms with Gasteiger partial charge in [0.15, 0.2) is 9.28 Å². The Labute approximate surface area is 187 Å². The van der Waals surface area contributed by atoms with Gasteiger partial charge in [0, 0.05) is 14.2 Å². The van der Waals surface area contributed by atoms with Crippen LogP contribution in [0, 0.1) is 0 Å². The maximum atomic E-state index is 6.27. The fourth-order valence-electron chi connectivity index (χ4n) is 5.52. The zero-order valence-electron chi connectivity index (χ0n) is 18.5. The molecule has 5 aromatic rings. The van der Waals surface area contributed by atoms with Gasteiger partial charge in [-0.05, 0) is 73.4 Å². The van der Waals surface area contributed by atoms with Gasteiger partial charge in [-0.15, -0.1) is 0 Å². The zero-order valence-corrected chi connectivity index (χ0v) is 21.9. The molecule has 0 bridgehead atoms. The Morgan fingerprint density at radius 2 is 1.26 bits per heavy atom. The van der Waals surface area contributed by atoms with Gasteiger partial charge in [-0.1, -0.05) is 79.4 Å². The summed E-state index contributed by atoms with van der Waals surface area (Å²) in [5, 5.41) is 12.6. The van der Waals surface area contributed by atoms with Gasteiger partial charge in [-0.3, -0.25) is 0 Å². The van der Waals surface area contributed by atoms with Crippen LogP contribution in [0.5, 0.6) is 0 Å². The van der Waals surface area contributed by atoms with Gasteiger partial charge < -0.3 is 4.43 Å². The average Bonchev–Trinajstić information content (AvgIpc) is 2.78. The molecule has 0 spiro atoms. The molecule has 1 aliphatic heterocycles. The summed E-state index contributed by atoms with van der Waals surface area (Å²) < 4.78 is 6.27. The lowest BCUT2D eigenvalue weighted by Gasteiger charge is -2.45. The third-order valence-electron chi connectivity index (χ3n) is 8.05. The van der Waals surface area contributed by atoms with E-state index in [1.165, 1.54) is 49.1 Å². The second-order valence-corrected chi connectivity index (χ2v) is 32.9. The Bertz CT molecular complexity index is 1490. The largest absolute Gasteiger partial charge is 0.427 e. The summed E-state index contributed by atoms with van der Waals surface area (Å²) in [5.74, 6) is 0. The molecule has 0 aromatic heterocycles. The highest BCUT2D eigenvalue weighted by Crippen LogP contribution is 2.34. The van der Waals surface area contributed by atoms with E-state index in [0.29, 0.717) is 0 Å². The molecule has 0 aliphatic carbocycles. The summed E-state index contributed by atoms with van der Waals surface area (Å²) in [7, 11) is -3.32. The van der Waals surface area contributed by atoms with Crippen LogP contribution in [0.25, 0.3) is 43.1 Å². The first-order valence-electron chi connectivity index (χ1n) is 11.3. The predicted molar refractivity (Wildman–Crippen MR) is 145 cm³/mol. The van der Waals surface area contributed by atoms with Crippen molar-refractivity contribution in [1.29, 1.82) is 0 Å². The highest BCUT2D eigenvalue weighted by molar-refractivity contribution is 7.64. The molecular formula is C27H28OSi3. The van der Waals surface area contributed by atoms with Crippen molar-refractivity contribution in [3.8, 4) is 0 Å². The van der Waals surface area contributed by atoms with Crippen LogP contribution >= 0.6 is 0 Å². The highest BCUT2D eigenvalue weighted by atomic mass is 29.6. The van der Waals surface area contributed by atoms with Crippen LogP contribution in [0.1, 0.15) is 0 Å². The van der Waals surface area contributed by atoms with Crippen molar-refractivity contribution in [2.75, 3.05) is 6.61 Å². The summed E-state index contributed by atoms with van der Waals surface area (Å²) in [6.45, 7) is 8.94. The first-order chi connectivity index (χ1) is 15.0. The summed E-state index contributed by atoms with van der Waals surface area (Å²) in [5.41, 5.74) is 0. The van der Waals surface area contributed by atoms with E-state index in [1.807, 2.05) is 0 Å². The van der Waals surface area contributed by atoms with Gasteiger partial charge in [0.25, 0.3) is 0 Å². The van der Waals surface area contributed by atoms with Crippen LogP contribution < -0.4 is 5.19 Å². The smallest absolute Gasteiger partial charge is 0.153 e. The molecule has 31 heavy (non-hydrogen) atoms. The molecular weight excluding hydrogens is 425 g/mol. The van der Waals surface area contributed by atoms with E-state index in [9.17, 15) is 0 Å². The van der Waals surface area contributed by atoms with Crippen molar-refractivity contribution in [3.05, 3.63) is 78.9 Å². The first kappa shape index (κ1) is 19.4. The first-order valence-corrected chi connectivity index (χ1v) is 20.9. The molecule has 4 heteroatoms. The van der Waals surface area contributed by atoms with E-state index in [-0.39, 0.29) is 0 Å². The lowest BCUT2D eigenvalue weighted by molar-refractivity contribution is 0.364. The summed E-state index contributed by atoms with van der Waals surface area (Å²) in [6, 6.07) is 31.3. The zero-order chi connectivity index (χ0) is 21.2. The molecule has 1 nitrogen and oxygen atoms in total. The molecule has 1 atom stereocenters. The van der Waals surface area contributed by atoms with Gasteiger partial charge in [0.2, 0.25) is 0 Å².